The van der Waals surface area contributed by atoms with Gasteiger partial charge in [-0.3, -0.25) is 0 Å². The largest absolute Gasteiger partial charge is 0.226 e. The van der Waals surface area contributed by atoms with Crippen LogP contribution < -0.4 is 0 Å². The summed E-state index contributed by atoms with van der Waals surface area (Å²) < 4.78 is 1.69. The third kappa shape index (κ3) is 1.85. The minimum absolute atomic E-state index is 0.202. The fourth-order valence-corrected chi connectivity index (χ4v) is 1.82. The van der Waals surface area contributed by atoms with Crippen LogP contribution in [0.1, 0.15) is 0 Å². The van der Waals surface area contributed by atoms with Crippen molar-refractivity contribution in [2.75, 3.05) is 0 Å². The number of hydrogen-bond acceptors (Lipinski definition) is 3. The summed E-state index contributed by atoms with van der Waals surface area (Å²) >= 11 is 11.6. The molecule has 2 heterocycles. The lowest BCUT2D eigenvalue weighted by Crippen LogP contribution is -1.97. The van der Waals surface area contributed by atoms with Crippen molar-refractivity contribution >= 4 is 34.2 Å². The highest BCUT2D eigenvalue weighted by molar-refractivity contribution is 6.30. The second-order valence-electron chi connectivity index (χ2n) is 3.45. The molecule has 4 nitrogen and oxygen atoms in total. The summed E-state index contributed by atoms with van der Waals surface area (Å²) in [6.45, 7) is 0. The van der Waals surface area contributed by atoms with Crippen molar-refractivity contribution in [3.05, 3.63) is 47.0 Å². The van der Waals surface area contributed by atoms with Gasteiger partial charge in [0.25, 0.3) is 0 Å². The summed E-state index contributed by atoms with van der Waals surface area (Å²) in [7, 11) is 0. The van der Waals surface area contributed by atoms with Gasteiger partial charge in [0.15, 0.2) is 5.65 Å². The zero-order valence-electron chi connectivity index (χ0n) is 8.51. The van der Waals surface area contributed by atoms with Gasteiger partial charge in [0.05, 0.1) is 17.3 Å². The molecular formula is C11H6Cl2N4. The molecule has 0 unspecified atom stereocenters. The Labute approximate surface area is 107 Å². The molecule has 3 rings (SSSR count). The van der Waals surface area contributed by atoms with Gasteiger partial charge in [0, 0.05) is 11.2 Å². The van der Waals surface area contributed by atoms with Gasteiger partial charge >= 0.3 is 0 Å². The Morgan fingerprint density at radius 3 is 2.53 bits per heavy atom. The Morgan fingerprint density at radius 2 is 1.76 bits per heavy atom. The van der Waals surface area contributed by atoms with Crippen molar-refractivity contribution < 1.29 is 0 Å². The topological polar surface area (TPSA) is 43.6 Å². The van der Waals surface area contributed by atoms with Crippen LogP contribution in [0.5, 0.6) is 0 Å². The minimum atomic E-state index is 0.202. The smallest absolute Gasteiger partial charge is 0.224 e. The molecule has 6 heteroatoms. The standard InChI is InChI=1S/C11H6Cl2N4/c12-8-1-3-9(4-2-8)17-10-7(6-15-17)5-14-11(13)16-10/h1-6H. The van der Waals surface area contributed by atoms with Gasteiger partial charge in [-0.15, -0.1) is 0 Å². The lowest BCUT2D eigenvalue weighted by molar-refractivity contribution is 0.895. The number of rotatable bonds is 1. The quantitative estimate of drug-likeness (QED) is 0.635. The molecule has 0 aliphatic heterocycles. The van der Waals surface area contributed by atoms with Gasteiger partial charge < -0.3 is 0 Å². The monoisotopic (exact) mass is 264 g/mol. The summed E-state index contributed by atoms with van der Waals surface area (Å²) in [6, 6.07) is 7.33. The predicted octanol–water partition coefficient (Wildman–Crippen LogP) is 3.12. The Kier molecular flexibility index (Phi) is 2.46. The maximum atomic E-state index is 5.84. The lowest BCUT2D eigenvalue weighted by Gasteiger charge is -2.02. The first-order chi connectivity index (χ1) is 8.24. The highest BCUT2D eigenvalue weighted by atomic mass is 35.5. The predicted molar refractivity (Wildman–Crippen MR) is 66.7 cm³/mol. The van der Waals surface area contributed by atoms with Gasteiger partial charge in [-0.2, -0.15) is 10.1 Å². The van der Waals surface area contributed by atoms with Crippen LogP contribution in [0.2, 0.25) is 10.3 Å². The van der Waals surface area contributed by atoms with Crippen molar-refractivity contribution in [1.82, 2.24) is 19.7 Å². The van der Waals surface area contributed by atoms with E-state index in [0.29, 0.717) is 10.7 Å². The summed E-state index contributed by atoms with van der Waals surface area (Å²) in [4.78, 5) is 8.06. The molecule has 0 atom stereocenters. The maximum Gasteiger partial charge on any atom is 0.224 e. The molecule has 0 spiro atoms. The third-order valence-corrected chi connectivity index (χ3v) is 2.78. The molecular weight excluding hydrogens is 259 g/mol. The zero-order valence-corrected chi connectivity index (χ0v) is 10.0. The number of benzene rings is 1. The van der Waals surface area contributed by atoms with Gasteiger partial charge in [-0.05, 0) is 35.9 Å². The average Bonchev–Trinajstić information content (AvgIpc) is 2.73. The Morgan fingerprint density at radius 1 is 1.00 bits per heavy atom. The minimum Gasteiger partial charge on any atom is -0.226 e. The average molecular weight is 265 g/mol. The van der Waals surface area contributed by atoms with E-state index in [1.54, 1.807) is 29.2 Å². The van der Waals surface area contributed by atoms with E-state index in [1.165, 1.54) is 0 Å². The fraction of sp³-hybridized carbons (Fsp3) is 0. The number of nitrogens with zero attached hydrogens (tertiary/aromatic N) is 4. The summed E-state index contributed by atoms with van der Waals surface area (Å²) in [6.07, 6.45) is 3.34. The SMILES string of the molecule is Clc1ccc(-n2ncc3cnc(Cl)nc32)cc1. The fourth-order valence-electron chi connectivity index (χ4n) is 1.57. The zero-order chi connectivity index (χ0) is 11.8. The van der Waals surface area contributed by atoms with E-state index in [-0.39, 0.29) is 5.28 Å². The van der Waals surface area contributed by atoms with Gasteiger partial charge in [-0.25, -0.2) is 9.67 Å². The summed E-state index contributed by atoms with van der Waals surface area (Å²) in [5.74, 6) is 0. The molecule has 0 saturated carbocycles. The molecule has 1 aromatic carbocycles. The van der Waals surface area contributed by atoms with E-state index in [4.69, 9.17) is 23.2 Å². The molecule has 0 saturated heterocycles. The molecule has 84 valence electrons. The van der Waals surface area contributed by atoms with Crippen molar-refractivity contribution in [1.29, 1.82) is 0 Å². The van der Waals surface area contributed by atoms with Crippen LogP contribution in [0.25, 0.3) is 16.7 Å². The van der Waals surface area contributed by atoms with E-state index in [9.17, 15) is 0 Å². The lowest BCUT2D eigenvalue weighted by atomic mass is 10.3. The first kappa shape index (κ1) is 10.5. The van der Waals surface area contributed by atoms with Gasteiger partial charge in [-0.1, -0.05) is 11.6 Å². The van der Waals surface area contributed by atoms with Crippen LogP contribution in [0.4, 0.5) is 0 Å². The number of halogens is 2. The first-order valence-corrected chi connectivity index (χ1v) is 5.62. The summed E-state index contributed by atoms with van der Waals surface area (Å²) in [5.41, 5.74) is 1.55. The van der Waals surface area contributed by atoms with Crippen molar-refractivity contribution in [3.63, 3.8) is 0 Å². The van der Waals surface area contributed by atoms with Gasteiger partial charge in [0.2, 0.25) is 5.28 Å². The normalized spacial score (nSPS) is 10.9. The van der Waals surface area contributed by atoms with Crippen LogP contribution in [0.3, 0.4) is 0 Å². The van der Waals surface area contributed by atoms with E-state index in [0.717, 1.165) is 11.1 Å². The highest BCUT2D eigenvalue weighted by Crippen LogP contribution is 2.18. The molecule has 0 radical (unpaired) electrons. The number of hydrogen-bond donors (Lipinski definition) is 0. The molecule has 0 bridgehead atoms. The van der Waals surface area contributed by atoms with Crippen LogP contribution in [0.15, 0.2) is 36.7 Å². The van der Waals surface area contributed by atoms with Crippen molar-refractivity contribution in [3.8, 4) is 5.69 Å². The van der Waals surface area contributed by atoms with E-state index in [2.05, 4.69) is 15.1 Å². The Bertz CT molecular complexity index is 676. The number of aromatic nitrogens is 4. The van der Waals surface area contributed by atoms with Crippen molar-refractivity contribution in [2.45, 2.75) is 0 Å². The highest BCUT2D eigenvalue weighted by Gasteiger charge is 2.07. The van der Waals surface area contributed by atoms with Gasteiger partial charge in [0.1, 0.15) is 0 Å². The Balaban J connectivity index is 2.23. The molecule has 0 N–H and O–H groups in total. The second-order valence-corrected chi connectivity index (χ2v) is 4.23. The maximum absolute atomic E-state index is 5.84. The Hall–Kier alpha value is -1.65. The molecule has 0 fully saturated rings. The van der Waals surface area contributed by atoms with Crippen LogP contribution in [0, 0.1) is 0 Å². The molecule has 17 heavy (non-hydrogen) atoms. The molecule has 3 aromatic rings. The third-order valence-electron chi connectivity index (χ3n) is 2.35. The van der Waals surface area contributed by atoms with Crippen LogP contribution in [-0.4, -0.2) is 19.7 Å². The second kappa shape index (κ2) is 3.98. The first-order valence-electron chi connectivity index (χ1n) is 4.86. The van der Waals surface area contributed by atoms with Crippen LogP contribution in [-0.2, 0) is 0 Å². The van der Waals surface area contributed by atoms with Crippen molar-refractivity contribution in [2.24, 2.45) is 0 Å². The van der Waals surface area contributed by atoms with Crippen LogP contribution >= 0.6 is 23.2 Å². The molecule has 2 aromatic heterocycles. The summed E-state index contributed by atoms with van der Waals surface area (Å²) in [5, 5.41) is 5.97. The van der Waals surface area contributed by atoms with E-state index in [1.807, 2.05) is 12.1 Å². The molecule has 0 amide bonds. The number of fused-ring (bicyclic) bond motifs is 1. The molecule has 0 aliphatic carbocycles. The van der Waals surface area contributed by atoms with E-state index < -0.39 is 0 Å². The molecule has 0 aliphatic rings. The van der Waals surface area contributed by atoms with E-state index >= 15 is 0 Å².